The van der Waals surface area contributed by atoms with E-state index in [2.05, 4.69) is 16.0 Å². The summed E-state index contributed by atoms with van der Waals surface area (Å²) in [5.74, 6) is 1.42. The summed E-state index contributed by atoms with van der Waals surface area (Å²) in [6.45, 7) is 0. The minimum atomic E-state index is 0.484. The van der Waals surface area contributed by atoms with E-state index < -0.39 is 0 Å². The predicted octanol–water partition coefficient (Wildman–Crippen LogP) is 1.84. The van der Waals surface area contributed by atoms with Gasteiger partial charge in [-0.15, -0.1) is 11.8 Å². The molecule has 74 valence electrons. The van der Waals surface area contributed by atoms with Crippen LogP contribution in [0.25, 0.3) is 0 Å². The number of hydrogen-bond acceptors (Lipinski definition) is 5. The number of aromatic nitrogens is 2. The SMILES string of the molecule is N#CCCCCSc1nccnc1N. The monoisotopic (exact) mass is 208 g/mol. The largest absolute Gasteiger partial charge is 0.381 e. The molecule has 4 nitrogen and oxygen atoms in total. The molecule has 0 saturated carbocycles. The van der Waals surface area contributed by atoms with Crippen LogP contribution in [-0.2, 0) is 0 Å². The third-order valence-electron chi connectivity index (χ3n) is 1.61. The highest BCUT2D eigenvalue weighted by Gasteiger charge is 2.00. The Morgan fingerprint density at radius 3 is 2.86 bits per heavy atom. The molecule has 0 aliphatic heterocycles. The number of hydrogen-bond donors (Lipinski definition) is 1. The number of anilines is 1. The van der Waals surface area contributed by atoms with Crippen molar-refractivity contribution in [2.75, 3.05) is 11.5 Å². The molecule has 1 heterocycles. The van der Waals surface area contributed by atoms with Gasteiger partial charge >= 0.3 is 0 Å². The molecule has 0 aliphatic rings. The van der Waals surface area contributed by atoms with Gasteiger partial charge in [-0.3, -0.25) is 0 Å². The Morgan fingerprint density at radius 2 is 2.14 bits per heavy atom. The number of nitrogens with two attached hydrogens (primary N) is 1. The Kier molecular flexibility index (Phi) is 4.79. The van der Waals surface area contributed by atoms with Gasteiger partial charge in [-0.25, -0.2) is 9.97 Å². The van der Waals surface area contributed by atoms with Gasteiger partial charge in [-0.1, -0.05) is 0 Å². The smallest absolute Gasteiger partial charge is 0.156 e. The molecule has 0 fully saturated rings. The lowest BCUT2D eigenvalue weighted by atomic mass is 10.3. The van der Waals surface area contributed by atoms with Gasteiger partial charge in [0.15, 0.2) is 5.82 Å². The van der Waals surface area contributed by atoms with Crippen LogP contribution < -0.4 is 5.73 Å². The van der Waals surface area contributed by atoms with Crippen LogP contribution in [0.5, 0.6) is 0 Å². The van der Waals surface area contributed by atoms with Gasteiger partial charge in [-0.05, 0) is 18.6 Å². The molecule has 0 radical (unpaired) electrons. The predicted molar refractivity (Wildman–Crippen MR) is 56.6 cm³/mol. The van der Waals surface area contributed by atoms with Gasteiger partial charge in [-0.2, -0.15) is 5.26 Å². The fraction of sp³-hybridized carbons (Fsp3) is 0.444. The summed E-state index contributed by atoms with van der Waals surface area (Å²) in [7, 11) is 0. The summed E-state index contributed by atoms with van der Waals surface area (Å²) in [6, 6.07) is 2.12. The normalized spacial score (nSPS) is 9.64. The van der Waals surface area contributed by atoms with Crippen molar-refractivity contribution in [1.29, 1.82) is 5.26 Å². The molecule has 0 aromatic carbocycles. The van der Waals surface area contributed by atoms with Crippen LogP contribution in [0, 0.1) is 11.3 Å². The lowest BCUT2D eigenvalue weighted by Crippen LogP contribution is -1.95. The highest BCUT2D eigenvalue weighted by atomic mass is 32.2. The maximum atomic E-state index is 8.33. The number of nitrogens with zero attached hydrogens (tertiary/aromatic N) is 3. The fourth-order valence-corrected chi connectivity index (χ4v) is 1.80. The molecule has 14 heavy (non-hydrogen) atoms. The standard InChI is InChI=1S/C9H12N4S/c10-4-2-1-3-7-14-9-8(11)12-5-6-13-9/h5-6H,1-3,7H2,(H2,11,12). The van der Waals surface area contributed by atoms with Crippen LogP contribution in [0.3, 0.4) is 0 Å². The van der Waals surface area contributed by atoms with Crippen molar-refractivity contribution >= 4 is 17.6 Å². The van der Waals surface area contributed by atoms with Crippen molar-refractivity contribution in [3.05, 3.63) is 12.4 Å². The van der Waals surface area contributed by atoms with Crippen LogP contribution in [0.1, 0.15) is 19.3 Å². The summed E-state index contributed by atoms with van der Waals surface area (Å²) < 4.78 is 0. The van der Waals surface area contributed by atoms with Crippen LogP contribution in [0.4, 0.5) is 5.82 Å². The van der Waals surface area contributed by atoms with Crippen LogP contribution in [-0.4, -0.2) is 15.7 Å². The summed E-state index contributed by atoms with van der Waals surface area (Å²) >= 11 is 1.59. The van der Waals surface area contributed by atoms with Gasteiger partial charge in [0, 0.05) is 18.8 Å². The van der Waals surface area contributed by atoms with Gasteiger partial charge in [0.25, 0.3) is 0 Å². The molecule has 1 aromatic rings. The number of nitriles is 1. The third-order valence-corrected chi connectivity index (χ3v) is 2.69. The number of thioether (sulfide) groups is 1. The first-order chi connectivity index (χ1) is 6.84. The zero-order chi connectivity index (χ0) is 10.2. The third kappa shape index (κ3) is 3.62. The van der Waals surface area contributed by atoms with E-state index in [4.69, 9.17) is 11.0 Å². The van der Waals surface area contributed by atoms with E-state index in [0.29, 0.717) is 12.2 Å². The zero-order valence-corrected chi connectivity index (χ0v) is 8.63. The Labute approximate surface area is 87.6 Å². The molecule has 0 spiro atoms. The topological polar surface area (TPSA) is 75.6 Å². The summed E-state index contributed by atoms with van der Waals surface area (Å²) in [5, 5.41) is 9.11. The van der Waals surface area contributed by atoms with E-state index in [1.807, 2.05) is 0 Å². The molecule has 1 aromatic heterocycles. The molecule has 0 saturated heterocycles. The fourth-order valence-electron chi connectivity index (χ4n) is 0.922. The number of nitrogen functional groups attached to an aromatic ring is 1. The first-order valence-corrected chi connectivity index (χ1v) is 5.39. The van der Waals surface area contributed by atoms with Crippen molar-refractivity contribution in [2.24, 2.45) is 0 Å². The first kappa shape index (κ1) is 10.8. The summed E-state index contributed by atoms with van der Waals surface area (Å²) in [4.78, 5) is 8.04. The van der Waals surface area contributed by atoms with E-state index in [-0.39, 0.29) is 0 Å². The Balaban J connectivity index is 2.25. The van der Waals surface area contributed by atoms with Crippen molar-refractivity contribution in [3.63, 3.8) is 0 Å². The second-order valence-electron chi connectivity index (χ2n) is 2.71. The Hall–Kier alpha value is -1.28. The second kappa shape index (κ2) is 6.22. The number of unbranched alkanes of at least 4 members (excludes halogenated alkanes) is 2. The number of rotatable bonds is 5. The Morgan fingerprint density at radius 1 is 1.36 bits per heavy atom. The van der Waals surface area contributed by atoms with E-state index >= 15 is 0 Å². The highest BCUT2D eigenvalue weighted by molar-refractivity contribution is 7.99. The van der Waals surface area contributed by atoms with Gasteiger partial charge in [0.1, 0.15) is 5.03 Å². The minimum Gasteiger partial charge on any atom is -0.381 e. The maximum Gasteiger partial charge on any atom is 0.156 e. The zero-order valence-electron chi connectivity index (χ0n) is 7.81. The molecule has 0 aliphatic carbocycles. The quantitative estimate of drug-likeness (QED) is 0.590. The average Bonchev–Trinajstić information content (AvgIpc) is 2.20. The van der Waals surface area contributed by atoms with Gasteiger partial charge in [0.2, 0.25) is 0 Å². The van der Waals surface area contributed by atoms with Gasteiger partial charge < -0.3 is 5.73 Å². The van der Waals surface area contributed by atoms with Crippen molar-refractivity contribution in [3.8, 4) is 6.07 Å². The molecule has 5 heteroatoms. The average molecular weight is 208 g/mol. The van der Waals surface area contributed by atoms with Gasteiger partial charge in [0.05, 0.1) is 6.07 Å². The maximum absolute atomic E-state index is 8.33. The van der Waals surface area contributed by atoms with E-state index in [1.165, 1.54) is 0 Å². The minimum absolute atomic E-state index is 0.484. The lowest BCUT2D eigenvalue weighted by Gasteiger charge is -2.01. The summed E-state index contributed by atoms with van der Waals surface area (Å²) in [5.41, 5.74) is 5.61. The van der Waals surface area contributed by atoms with Crippen molar-refractivity contribution in [2.45, 2.75) is 24.3 Å². The first-order valence-electron chi connectivity index (χ1n) is 4.41. The van der Waals surface area contributed by atoms with Crippen molar-refractivity contribution in [1.82, 2.24) is 9.97 Å². The summed E-state index contributed by atoms with van der Waals surface area (Å²) in [6.07, 6.45) is 5.78. The Bertz CT molecular complexity index is 321. The molecule has 0 atom stereocenters. The molecule has 2 N–H and O–H groups in total. The molecule has 0 amide bonds. The molecule has 0 bridgehead atoms. The van der Waals surface area contributed by atoms with Crippen LogP contribution in [0.15, 0.2) is 17.4 Å². The molecular weight excluding hydrogens is 196 g/mol. The highest BCUT2D eigenvalue weighted by Crippen LogP contribution is 2.20. The van der Waals surface area contributed by atoms with E-state index in [9.17, 15) is 0 Å². The van der Waals surface area contributed by atoms with E-state index in [1.54, 1.807) is 24.2 Å². The van der Waals surface area contributed by atoms with Crippen LogP contribution >= 0.6 is 11.8 Å². The molecule has 1 rings (SSSR count). The molecular formula is C9H12N4S. The van der Waals surface area contributed by atoms with Crippen molar-refractivity contribution < 1.29 is 0 Å². The lowest BCUT2D eigenvalue weighted by molar-refractivity contribution is 0.829. The second-order valence-corrected chi connectivity index (χ2v) is 3.79. The molecule has 0 unspecified atom stereocenters. The van der Waals surface area contributed by atoms with Crippen LogP contribution in [0.2, 0.25) is 0 Å². The van der Waals surface area contributed by atoms with E-state index in [0.717, 1.165) is 23.6 Å².